The van der Waals surface area contributed by atoms with E-state index in [1.165, 1.54) is 0 Å². The van der Waals surface area contributed by atoms with E-state index in [-0.39, 0.29) is 11.6 Å². The van der Waals surface area contributed by atoms with E-state index in [4.69, 9.17) is 17.3 Å². The molecule has 2 rings (SSSR count). The Morgan fingerprint density at radius 2 is 2.17 bits per heavy atom. The first-order valence-corrected chi connectivity index (χ1v) is 10.00. The minimum atomic E-state index is -3.45. The summed E-state index contributed by atoms with van der Waals surface area (Å²) in [6, 6.07) is 3.56. The van der Waals surface area contributed by atoms with Gasteiger partial charge < -0.3 is 5.73 Å². The number of primary amides is 1. The Morgan fingerprint density at radius 3 is 2.65 bits per heavy atom. The van der Waals surface area contributed by atoms with Crippen molar-refractivity contribution in [3.63, 3.8) is 0 Å². The van der Waals surface area contributed by atoms with Gasteiger partial charge in [0.2, 0.25) is 5.91 Å². The van der Waals surface area contributed by atoms with Gasteiger partial charge >= 0.3 is 0 Å². The number of carbonyl (C=O) groups excluding carboxylic acids is 1. The largest absolute Gasteiger partial charge is 0.369 e. The number of nitrogens with two attached hydrogens (primary N) is 1. The average Bonchev–Trinajstić information content (AvgIpc) is 2.87. The SMILES string of the molecule is CCC(CS(C)(=O)=O)(C(N)=O)c1sc(-c2cccnc2)nc1Cl. The van der Waals surface area contributed by atoms with E-state index < -0.39 is 26.9 Å². The van der Waals surface area contributed by atoms with Crippen LogP contribution in [-0.4, -0.2) is 36.3 Å². The highest BCUT2D eigenvalue weighted by atomic mass is 35.5. The topological polar surface area (TPSA) is 103 Å². The van der Waals surface area contributed by atoms with Gasteiger partial charge in [-0.15, -0.1) is 11.3 Å². The Morgan fingerprint density at radius 1 is 1.48 bits per heavy atom. The van der Waals surface area contributed by atoms with Crippen LogP contribution in [0.4, 0.5) is 0 Å². The summed E-state index contributed by atoms with van der Waals surface area (Å²) >= 11 is 7.37. The third kappa shape index (κ3) is 3.70. The lowest BCUT2D eigenvalue weighted by molar-refractivity contribution is -0.122. The molecule has 1 amide bonds. The summed E-state index contributed by atoms with van der Waals surface area (Å²) < 4.78 is 23.6. The summed E-state index contributed by atoms with van der Waals surface area (Å²) in [6.45, 7) is 1.70. The molecule has 124 valence electrons. The number of hydrogen-bond acceptors (Lipinski definition) is 6. The first-order valence-electron chi connectivity index (χ1n) is 6.74. The first-order chi connectivity index (χ1) is 10.7. The van der Waals surface area contributed by atoms with Gasteiger partial charge in [-0.05, 0) is 18.6 Å². The fraction of sp³-hybridized carbons (Fsp3) is 0.357. The van der Waals surface area contributed by atoms with E-state index in [1.807, 2.05) is 0 Å². The van der Waals surface area contributed by atoms with Crippen LogP contribution in [0.5, 0.6) is 0 Å². The van der Waals surface area contributed by atoms with E-state index in [1.54, 1.807) is 31.5 Å². The molecule has 2 N–H and O–H groups in total. The first kappa shape index (κ1) is 17.8. The van der Waals surface area contributed by atoms with Gasteiger partial charge in [0.05, 0.1) is 16.0 Å². The van der Waals surface area contributed by atoms with Crippen LogP contribution >= 0.6 is 22.9 Å². The van der Waals surface area contributed by atoms with E-state index in [0.717, 1.165) is 23.2 Å². The van der Waals surface area contributed by atoms with Crippen LogP contribution in [0.25, 0.3) is 10.6 Å². The number of thiazole rings is 1. The standard InChI is InChI=1S/C14H16ClN3O3S2/c1-3-14(13(16)19,8-23(2,20)21)10-11(15)18-12(22-10)9-5-4-6-17-7-9/h4-7H,3,8H2,1-2H3,(H2,16,19). The van der Waals surface area contributed by atoms with Crippen molar-refractivity contribution in [2.45, 2.75) is 18.8 Å². The summed E-state index contributed by atoms with van der Waals surface area (Å²) in [5.74, 6) is -1.13. The molecule has 2 aromatic heterocycles. The molecule has 9 heteroatoms. The smallest absolute Gasteiger partial charge is 0.230 e. The number of sulfone groups is 1. The number of carbonyl (C=O) groups is 1. The molecule has 23 heavy (non-hydrogen) atoms. The summed E-state index contributed by atoms with van der Waals surface area (Å²) in [4.78, 5) is 20.7. The lowest BCUT2D eigenvalue weighted by Crippen LogP contribution is -2.45. The lowest BCUT2D eigenvalue weighted by atomic mass is 9.85. The van der Waals surface area contributed by atoms with Crippen molar-refractivity contribution in [1.82, 2.24) is 9.97 Å². The van der Waals surface area contributed by atoms with Crippen LogP contribution < -0.4 is 5.73 Å². The van der Waals surface area contributed by atoms with Crippen molar-refractivity contribution in [2.75, 3.05) is 12.0 Å². The quantitative estimate of drug-likeness (QED) is 0.834. The number of hydrogen-bond donors (Lipinski definition) is 1. The maximum atomic E-state index is 12.1. The van der Waals surface area contributed by atoms with Gasteiger partial charge in [-0.2, -0.15) is 0 Å². The fourth-order valence-electron chi connectivity index (χ4n) is 2.34. The molecule has 0 saturated carbocycles. The second-order valence-electron chi connectivity index (χ2n) is 5.25. The number of pyridine rings is 1. The van der Waals surface area contributed by atoms with Crippen molar-refractivity contribution >= 4 is 38.7 Å². The Hall–Kier alpha value is -1.51. The molecule has 0 spiro atoms. The predicted octanol–water partition coefficient (Wildman–Crippen LogP) is 2.04. The third-order valence-corrected chi connectivity index (χ3v) is 6.22. The molecule has 0 aliphatic rings. The van der Waals surface area contributed by atoms with Gasteiger partial charge in [0.25, 0.3) is 0 Å². The zero-order valence-electron chi connectivity index (χ0n) is 12.6. The molecular formula is C14H16ClN3O3S2. The van der Waals surface area contributed by atoms with Crippen molar-refractivity contribution < 1.29 is 13.2 Å². The van der Waals surface area contributed by atoms with Crippen LogP contribution in [0.3, 0.4) is 0 Å². The monoisotopic (exact) mass is 373 g/mol. The minimum Gasteiger partial charge on any atom is -0.369 e. The molecular weight excluding hydrogens is 358 g/mol. The lowest BCUT2D eigenvalue weighted by Gasteiger charge is -2.27. The van der Waals surface area contributed by atoms with Crippen LogP contribution in [0.15, 0.2) is 24.5 Å². The highest BCUT2D eigenvalue weighted by Crippen LogP contribution is 2.41. The summed E-state index contributed by atoms with van der Waals surface area (Å²) in [6.07, 6.45) is 4.53. The van der Waals surface area contributed by atoms with Crippen LogP contribution in [0.2, 0.25) is 5.15 Å². The predicted molar refractivity (Wildman–Crippen MR) is 91.2 cm³/mol. The molecule has 6 nitrogen and oxygen atoms in total. The van der Waals surface area contributed by atoms with Crippen molar-refractivity contribution in [3.05, 3.63) is 34.6 Å². The molecule has 1 atom stereocenters. The van der Waals surface area contributed by atoms with Gasteiger partial charge in [-0.25, -0.2) is 13.4 Å². The van der Waals surface area contributed by atoms with Gasteiger partial charge in [0.1, 0.15) is 20.0 Å². The van der Waals surface area contributed by atoms with Crippen molar-refractivity contribution in [2.24, 2.45) is 5.73 Å². The highest BCUT2D eigenvalue weighted by Gasteiger charge is 2.43. The molecule has 2 aromatic rings. The van der Waals surface area contributed by atoms with Gasteiger partial charge in [-0.3, -0.25) is 9.78 Å². The maximum absolute atomic E-state index is 12.1. The summed E-state index contributed by atoms with van der Waals surface area (Å²) in [5.41, 5.74) is 4.89. The van der Waals surface area contributed by atoms with Gasteiger partial charge in [0.15, 0.2) is 0 Å². The number of halogens is 1. The molecule has 2 heterocycles. The molecule has 0 aliphatic heterocycles. The Bertz CT molecular complexity index is 821. The summed E-state index contributed by atoms with van der Waals surface area (Å²) in [7, 11) is -3.45. The van der Waals surface area contributed by atoms with Crippen LogP contribution in [-0.2, 0) is 20.0 Å². The van der Waals surface area contributed by atoms with Crippen molar-refractivity contribution in [3.8, 4) is 10.6 Å². The summed E-state index contributed by atoms with van der Waals surface area (Å²) in [5, 5.41) is 0.656. The number of rotatable bonds is 6. The maximum Gasteiger partial charge on any atom is 0.230 e. The van der Waals surface area contributed by atoms with Gasteiger partial charge in [-0.1, -0.05) is 18.5 Å². The Labute approximate surface area is 143 Å². The minimum absolute atomic E-state index is 0.0955. The van der Waals surface area contributed by atoms with Gasteiger partial charge in [0, 0.05) is 24.2 Å². The van der Waals surface area contributed by atoms with E-state index in [9.17, 15) is 13.2 Å². The zero-order valence-corrected chi connectivity index (χ0v) is 15.0. The number of amides is 1. The normalized spacial score (nSPS) is 14.4. The van der Waals surface area contributed by atoms with E-state index >= 15 is 0 Å². The Balaban J connectivity index is 2.61. The average molecular weight is 374 g/mol. The van der Waals surface area contributed by atoms with E-state index in [2.05, 4.69) is 9.97 Å². The zero-order chi connectivity index (χ0) is 17.3. The second-order valence-corrected chi connectivity index (χ2v) is 8.75. The number of nitrogens with zero attached hydrogens (tertiary/aromatic N) is 2. The van der Waals surface area contributed by atoms with Crippen LogP contribution in [0, 0.1) is 0 Å². The second kappa shape index (κ2) is 6.54. The molecule has 0 radical (unpaired) electrons. The highest BCUT2D eigenvalue weighted by molar-refractivity contribution is 7.90. The fourth-order valence-corrected chi connectivity index (χ4v) is 5.46. The molecule has 0 aliphatic carbocycles. The van der Waals surface area contributed by atoms with Crippen molar-refractivity contribution in [1.29, 1.82) is 0 Å². The molecule has 0 saturated heterocycles. The van der Waals surface area contributed by atoms with E-state index in [0.29, 0.717) is 9.88 Å². The van der Waals surface area contributed by atoms with Crippen LogP contribution in [0.1, 0.15) is 18.2 Å². The number of aromatic nitrogens is 2. The third-order valence-electron chi connectivity index (χ3n) is 3.51. The molecule has 0 bridgehead atoms. The Kier molecular flexibility index (Phi) is 5.07. The molecule has 0 aromatic carbocycles. The molecule has 1 unspecified atom stereocenters. The molecule has 0 fully saturated rings.